The van der Waals surface area contributed by atoms with E-state index in [1.807, 2.05) is 0 Å². The summed E-state index contributed by atoms with van der Waals surface area (Å²) in [4.78, 5) is 5.62. The summed E-state index contributed by atoms with van der Waals surface area (Å²) < 4.78 is 5.51. The molecular formula is C13H18N2OS. The lowest BCUT2D eigenvalue weighted by molar-refractivity contribution is 0.421. The molecule has 0 saturated carbocycles. The van der Waals surface area contributed by atoms with E-state index in [2.05, 4.69) is 49.4 Å². The predicted molar refractivity (Wildman–Crippen MR) is 71.1 cm³/mol. The summed E-state index contributed by atoms with van der Waals surface area (Å²) in [5.41, 5.74) is 2.26. The third-order valence-corrected chi connectivity index (χ3v) is 3.41. The van der Waals surface area contributed by atoms with Crippen molar-refractivity contribution in [1.29, 1.82) is 0 Å². The van der Waals surface area contributed by atoms with Gasteiger partial charge in [0.2, 0.25) is 5.89 Å². The van der Waals surface area contributed by atoms with Gasteiger partial charge >= 0.3 is 0 Å². The van der Waals surface area contributed by atoms with Crippen molar-refractivity contribution in [1.82, 2.24) is 10.3 Å². The first kappa shape index (κ1) is 12.3. The molecule has 0 aliphatic rings. The van der Waals surface area contributed by atoms with Gasteiger partial charge in [0.15, 0.2) is 0 Å². The van der Waals surface area contributed by atoms with E-state index < -0.39 is 0 Å². The molecule has 0 atom stereocenters. The highest BCUT2D eigenvalue weighted by Crippen LogP contribution is 2.28. The predicted octanol–water partition coefficient (Wildman–Crippen LogP) is 3.60. The lowest BCUT2D eigenvalue weighted by atomic mass is 10.1. The van der Waals surface area contributed by atoms with Crippen LogP contribution in [0.25, 0.3) is 10.8 Å². The summed E-state index contributed by atoms with van der Waals surface area (Å²) in [5, 5.41) is 5.45. The minimum Gasteiger partial charge on any atom is -0.444 e. The molecule has 4 heteroatoms. The van der Waals surface area contributed by atoms with E-state index >= 15 is 0 Å². The highest BCUT2D eigenvalue weighted by Gasteiger charge is 2.13. The Morgan fingerprint density at radius 3 is 2.76 bits per heavy atom. The van der Waals surface area contributed by atoms with Crippen LogP contribution in [0.4, 0.5) is 0 Å². The Balaban J connectivity index is 2.09. The van der Waals surface area contributed by atoms with Gasteiger partial charge in [-0.2, -0.15) is 0 Å². The molecule has 0 spiro atoms. The number of hydrogen-bond acceptors (Lipinski definition) is 4. The summed E-state index contributed by atoms with van der Waals surface area (Å²) in [6.45, 7) is 9.22. The fourth-order valence-corrected chi connectivity index (χ4v) is 2.30. The molecule has 0 amide bonds. The fourth-order valence-electron chi connectivity index (χ4n) is 1.44. The van der Waals surface area contributed by atoms with E-state index in [-0.39, 0.29) is 5.54 Å². The van der Waals surface area contributed by atoms with Crippen LogP contribution in [0, 0.1) is 6.92 Å². The number of thiophene rings is 1. The minimum atomic E-state index is 0.0952. The van der Waals surface area contributed by atoms with Crippen molar-refractivity contribution < 1.29 is 4.42 Å². The Labute approximate surface area is 106 Å². The first-order valence-electron chi connectivity index (χ1n) is 5.69. The number of nitrogens with one attached hydrogen (secondary N) is 1. The summed E-state index contributed by atoms with van der Waals surface area (Å²) in [6, 6.07) is 2.08. The van der Waals surface area contributed by atoms with Crippen LogP contribution < -0.4 is 5.32 Å². The van der Waals surface area contributed by atoms with Crippen LogP contribution in [0.5, 0.6) is 0 Å². The largest absolute Gasteiger partial charge is 0.444 e. The standard InChI is InChI=1S/C13H18N2OS/c1-9-5-6-17-11(9)12-15-10(8-16-12)7-14-13(2,3)4/h5-6,8,14H,7H2,1-4H3. The molecule has 0 fully saturated rings. The first-order chi connectivity index (χ1) is 7.96. The zero-order valence-corrected chi connectivity index (χ0v) is 11.5. The average molecular weight is 250 g/mol. The van der Waals surface area contributed by atoms with Crippen LogP contribution in [0.2, 0.25) is 0 Å². The molecule has 1 N–H and O–H groups in total. The molecule has 0 aliphatic carbocycles. The molecule has 2 aromatic rings. The maximum Gasteiger partial charge on any atom is 0.236 e. The SMILES string of the molecule is Cc1ccsc1-c1nc(CNC(C)(C)C)co1. The van der Waals surface area contributed by atoms with Crippen molar-refractivity contribution in [3.63, 3.8) is 0 Å². The number of hydrogen-bond donors (Lipinski definition) is 1. The molecule has 2 aromatic heterocycles. The van der Waals surface area contributed by atoms with Gasteiger partial charge in [0.25, 0.3) is 0 Å². The molecule has 0 unspecified atom stereocenters. The van der Waals surface area contributed by atoms with E-state index in [9.17, 15) is 0 Å². The van der Waals surface area contributed by atoms with Crippen LogP contribution in [0.1, 0.15) is 32.0 Å². The number of aryl methyl sites for hydroxylation is 1. The van der Waals surface area contributed by atoms with E-state index in [1.54, 1.807) is 17.6 Å². The van der Waals surface area contributed by atoms with Crippen molar-refractivity contribution in [3.05, 3.63) is 29.0 Å². The lowest BCUT2D eigenvalue weighted by Gasteiger charge is -2.19. The average Bonchev–Trinajstić information content (AvgIpc) is 2.81. The zero-order valence-electron chi connectivity index (χ0n) is 10.7. The Bertz CT molecular complexity index is 493. The van der Waals surface area contributed by atoms with Crippen molar-refractivity contribution in [2.24, 2.45) is 0 Å². The van der Waals surface area contributed by atoms with E-state index in [1.165, 1.54) is 5.56 Å². The van der Waals surface area contributed by atoms with Crippen molar-refractivity contribution in [3.8, 4) is 10.8 Å². The van der Waals surface area contributed by atoms with Crippen LogP contribution in [-0.4, -0.2) is 10.5 Å². The zero-order chi connectivity index (χ0) is 12.5. The topological polar surface area (TPSA) is 38.1 Å². The number of aromatic nitrogens is 1. The highest BCUT2D eigenvalue weighted by atomic mass is 32.1. The molecule has 2 rings (SSSR count). The second kappa shape index (κ2) is 4.63. The molecule has 0 saturated heterocycles. The third kappa shape index (κ3) is 3.17. The first-order valence-corrected chi connectivity index (χ1v) is 6.57. The maximum atomic E-state index is 5.51. The molecule has 0 bridgehead atoms. The number of rotatable bonds is 3. The van der Waals surface area contributed by atoms with Crippen molar-refractivity contribution in [2.75, 3.05) is 0 Å². The molecule has 0 radical (unpaired) electrons. The summed E-state index contributed by atoms with van der Waals surface area (Å²) in [5.74, 6) is 0.725. The van der Waals surface area contributed by atoms with Gasteiger partial charge in [-0.1, -0.05) is 0 Å². The third-order valence-electron chi connectivity index (χ3n) is 2.41. The van der Waals surface area contributed by atoms with Crippen LogP contribution in [0.15, 0.2) is 22.1 Å². The molecule has 0 aromatic carbocycles. The number of nitrogens with zero attached hydrogens (tertiary/aromatic N) is 1. The monoisotopic (exact) mass is 250 g/mol. The Morgan fingerprint density at radius 2 is 2.18 bits per heavy atom. The van der Waals surface area contributed by atoms with Gasteiger partial charge < -0.3 is 9.73 Å². The second-order valence-electron chi connectivity index (χ2n) is 5.18. The van der Waals surface area contributed by atoms with Gasteiger partial charge in [0.1, 0.15) is 6.26 Å². The normalized spacial score (nSPS) is 12.0. The summed E-state index contributed by atoms with van der Waals surface area (Å²) in [7, 11) is 0. The summed E-state index contributed by atoms with van der Waals surface area (Å²) >= 11 is 1.66. The van der Waals surface area contributed by atoms with Gasteiger partial charge in [-0.15, -0.1) is 11.3 Å². The van der Waals surface area contributed by atoms with Gasteiger partial charge in [0.05, 0.1) is 10.6 Å². The highest BCUT2D eigenvalue weighted by molar-refractivity contribution is 7.13. The smallest absolute Gasteiger partial charge is 0.236 e. The minimum absolute atomic E-state index is 0.0952. The lowest BCUT2D eigenvalue weighted by Crippen LogP contribution is -2.35. The Morgan fingerprint density at radius 1 is 1.41 bits per heavy atom. The molecule has 92 valence electrons. The van der Waals surface area contributed by atoms with Crippen LogP contribution in [-0.2, 0) is 6.54 Å². The second-order valence-corrected chi connectivity index (χ2v) is 6.10. The molecule has 0 aliphatic heterocycles. The molecule has 3 nitrogen and oxygen atoms in total. The molecular weight excluding hydrogens is 232 g/mol. The molecule has 2 heterocycles. The van der Waals surface area contributed by atoms with E-state index in [4.69, 9.17) is 4.42 Å². The van der Waals surface area contributed by atoms with Gasteiger partial charge in [-0.3, -0.25) is 0 Å². The van der Waals surface area contributed by atoms with E-state index in [0.29, 0.717) is 0 Å². The van der Waals surface area contributed by atoms with Crippen LogP contribution >= 0.6 is 11.3 Å². The molecule has 17 heavy (non-hydrogen) atoms. The van der Waals surface area contributed by atoms with Crippen molar-refractivity contribution in [2.45, 2.75) is 39.8 Å². The number of oxazole rings is 1. The van der Waals surface area contributed by atoms with Gasteiger partial charge in [-0.25, -0.2) is 4.98 Å². The van der Waals surface area contributed by atoms with Gasteiger partial charge in [0, 0.05) is 12.1 Å². The summed E-state index contributed by atoms with van der Waals surface area (Å²) in [6.07, 6.45) is 1.73. The fraction of sp³-hybridized carbons (Fsp3) is 0.462. The quantitative estimate of drug-likeness (QED) is 0.904. The van der Waals surface area contributed by atoms with Crippen LogP contribution in [0.3, 0.4) is 0 Å². The Kier molecular flexibility index (Phi) is 3.35. The maximum absolute atomic E-state index is 5.51. The van der Waals surface area contributed by atoms with E-state index in [0.717, 1.165) is 23.0 Å². The van der Waals surface area contributed by atoms with Gasteiger partial charge in [-0.05, 0) is 44.7 Å². The van der Waals surface area contributed by atoms with Crippen molar-refractivity contribution >= 4 is 11.3 Å². The Hall–Kier alpha value is -1.13.